The van der Waals surface area contributed by atoms with Crippen molar-refractivity contribution in [2.24, 2.45) is 7.05 Å². The van der Waals surface area contributed by atoms with Gasteiger partial charge in [0.25, 0.3) is 0 Å². The van der Waals surface area contributed by atoms with Crippen molar-refractivity contribution < 1.29 is 9.90 Å². The van der Waals surface area contributed by atoms with E-state index in [1.54, 1.807) is 35.1 Å². The predicted molar refractivity (Wildman–Crippen MR) is 97.8 cm³/mol. The molecule has 0 aliphatic carbocycles. The van der Waals surface area contributed by atoms with E-state index < -0.39 is 5.60 Å². The summed E-state index contributed by atoms with van der Waals surface area (Å²) in [6, 6.07) is 1.76. The standard InChI is InChI=1S/C18H26N6O2/c1-13-15(14(2)23(4)21-13)10-16(25)22(3)11-18(26)6-9-24(12-18)17-19-7-5-8-20-17/h5,7-8,26H,6,9-12H2,1-4H3/t18-/m0/s1. The number of rotatable bonds is 5. The number of hydrogen-bond donors (Lipinski definition) is 1. The summed E-state index contributed by atoms with van der Waals surface area (Å²) in [5.41, 5.74) is 1.87. The molecule has 0 unspecified atom stereocenters. The summed E-state index contributed by atoms with van der Waals surface area (Å²) in [4.78, 5) is 24.7. The van der Waals surface area contributed by atoms with Crippen molar-refractivity contribution >= 4 is 11.9 Å². The van der Waals surface area contributed by atoms with Crippen LogP contribution in [0.4, 0.5) is 5.95 Å². The van der Waals surface area contributed by atoms with E-state index >= 15 is 0 Å². The maximum absolute atomic E-state index is 12.6. The summed E-state index contributed by atoms with van der Waals surface area (Å²) < 4.78 is 1.79. The Bertz CT molecular complexity index is 790. The number of aryl methyl sites for hydroxylation is 2. The third kappa shape index (κ3) is 3.70. The second kappa shape index (κ2) is 7.03. The SMILES string of the molecule is Cc1nn(C)c(C)c1CC(=O)N(C)C[C@@]1(O)CCN(c2ncccn2)C1. The van der Waals surface area contributed by atoms with Crippen molar-refractivity contribution in [1.29, 1.82) is 0 Å². The fourth-order valence-electron chi connectivity index (χ4n) is 3.50. The highest BCUT2D eigenvalue weighted by atomic mass is 16.3. The number of carbonyl (C=O) groups is 1. The van der Waals surface area contributed by atoms with Crippen LogP contribution in [0.3, 0.4) is 0 Å². The number of β-amino-alcohol motifs (C(OH)–C–C–N with tert-alkyl or cyclic N) is 1. The summed E-state index contributed by atoms with van der Waals surface area (Å²) in [5, 5.41) is 15.3. The highest BCUT2D eigenvalue weighted by Crippen LogP contribution is 2.25. The largest absolute Gasteiger partial charge is 0.386 e. The van der Waals surface area contributed by atoms with Crippen molar-refractivity contribution in [3.8, 4) is 0 Å². The normalized spacial score (nSPS) is 19.8. The maximum Gasteiger partial charge on any atom is 0.226 e. The number of nitrogens with zero attached hydrogens (tertiary/aromatic N) is 6. The van der Waals surface area contributed by atoms with E-state index in [-0.39, 0.29) is 12.5 Å². The number of aromatic nitrogens is 4. The molecule has 0 bridgehead atoms. The molecule has 1 saturated heterocycles. The van der Waals surface area contributed by atoms with Crippen LogP contribution in [-0.4, -0.2) is 67.9 Å². The summed E-state index contributed by atoms with van der Waals surface area (Å²) in [6.45, 7) is 5.25. The van der Waals surface area contributed by atoms with Gasteiger partial charge in [0.2, 0.25) is 11.9 Å². The Labute approximate surface area is 153 Å². The van der Waals surface area contributed by atoms with Gasteiger partial charge in [-0.3, -0.25) is 9.48 Å². The van der Waals surface area contributed by atoms with Gasteiger partial charge in [0.1, 0.15) is 5.60 Å². The van der Waals surface area contributed by atoms with Crippen LogP contribution >= 0.6 is 0 Å². The summed E-state index contributed by atoms with van der Waals surface area (Å²) >= 11 is 0. The molecule has 1 fully saturated rings. The van der Waals surface area contributed by atoms with Gasteiger partial charge in [-0.25, -0.2) is 9.97 Å². The molecule has 3 heterocycles. The van der Waals surface area contributed by atoms with Crippen LogP contribution in [0.5, 0.6) is 0 Å². The Morgan fingerprint density at radius 1 is 1.35 bits per heavy atom. The molecule has 8 heteroatoms. The third-order valence-corrected chi connectivity index (χ3v) is 5.11. The number of carbonyl (C=O) groups excluding carboxylic acids is 1. The number of amides is 1. The van der Waals surface area contributed by atoms with Crippen LogP contribution in [0.15, 0.2) is 18.5 Å². The van der Waals surface area contributed by atoms with Gasteiger partial charge in [0, 0.05) is 44.3 Å². The van der Waals surface area contributed by atoms with Crippen molar-refractivity contribution in [2.75, 3.05) is 31.6 Å². The topological polar surface area (TPSA) is 87.4 Å². The molecule has 3 rings (SSSR count). The maximum atomic E-state index is 12.6. The highest BCUT2D eigenvalue weighted by Gasteiger charge is 2.39. The lowest BCUT2D eigenvalue weighted by molar-refractivity contribution is -0.132. The Hall–Kier alpha value is -2.48. The molecule has 1 N–H and O–H groups in total. The molecule has 1 atom stereocenters. The van der Waals surface area contributed by atoms with Crippen LogP contribution in [-0.2, 0) is 18.3 Å². The first-order valence-electron chi connectivity index (χ1n) is 8.76. The number of anilines is 1. The molecular weight excluding hydrogens is 332 g/mol. The summed E-state index contributed by atoms with van der Waals surface area (Å²) in [7, 11) is 3.62. The minimum absolute atomic E-state index is 0.0213. The molecule has 0 spiro atoms. The summed E-state index contributed by atoms with van der Waals surface area (Å²) in [6.07, 6.45) is 4.25. The Morgan fingerprint density at radius 2 is 2.04 bits per heavy atom. The number of likely N-dealkylation sites (N-methyl/N-ethyl adjacent to an activating group) is 1. The van der Waals surface area contributed by atoms with Crippen LogP contribution in [0.2, 0.25) is 0 Å². The van der Waals surface area contributed by atoms with Gasteiger partial charge >= 0.3 is 0 Å². The lowest BCUT2D eigenvalue weighted by atomic mass is 10.0. The molecule has 1 aliphatic rings. The molecule has 1 amide bonds. The van der Waals surface area contributed by atoms with E-state index in [4.69, 9.17) is 0 Å². The molecule has 26 heavy (non-hydrogen) atoms. The fraction of sp³-hybridized carbons (Fsp3) is 0.556. The van der Waals surface area contributed by atoms with Crippen molar-refractivity contribution in [2.45, 2.75) is 32.3 Å². The molecule has 140 valence electrons. The zero-order valence-corrected chi connectivity index (χ0v) is 15.8. The second-order valence-electron chi connectivity index (χ2n) is 7.14. The van der Waals surface area contributed by atoms with Gasteiger partial charge in [-0.2, -0.15) is 5.10 Å². The van der Waals surface area contributed by atoms with E-state index in [1.165, 1.54) is 0 Å². The smallest absolute Gasteiger partial charge is 0.226 e. The quantitative estimate of drug-likeness (QED) is 0.836. The second-order valence-corrected chi connectivity index (χ2v) is 7.14. The van der Waals surface area contributed by atoms with Crippen molar-refractivity contribution in [1.82, 2.24) is 24.6 Å². The Kier molecular flexibility index (Phi) is 4.95. The van der Waals surface area contributed by atoms with Crippen molar-refractivity contribution in [3.63, 3.8) is 0 Å². The molecule has 0 radical (unpaired) electrons. The fourth-order valence-corrected chi connectivity index (χ4v) is 3.50. The molecule has 8 nitrogen and oxygen atoms in total. The van der Waals surface area contributed by atoms with Gasteiger partial charge in [0.15, 0.2) is 0 Å². The highest BCUT2D eigenvalue weighted by molar-refractivity contribution is 5.79. The first-order valence-corrected chi connectivity index (χ1v) is 8.76. The average molecular weight is 358 g/mol. The summed E-state index contributed by atoms with van der Waals surface area (Å²) in [5.74, 6) is 0.589. The zero-order chi connectivity index (χ0) is 18.9. The van der Waals surface area contributed by atoms with Crippen molar-refractivity contribution in [3.05, 3.63) is 35.4 Å². The van der Waals surface area contributed by atoms with Crippen LogP contribution < -0.4 is 4.90 Å². The van der Waals surface area contributed by atoms with E-state index in [0.29, 0.717) is 31.9 Å². The Morgan fingerprint density at radius 3 is 2.65 bits per heavy atom. The lowest BCUT2D eigenvalue weighted by Crippen LogP contribution is -2.46. The van der Waals surface area contributed by atoms with Crippen LogP contribution in [0.25, 0.3) is 0 Å². The van der Waals surface area contributed by atoms with E-state index in [0.717, 1.165) is 17.0 Å². The van der Waals surface area contributed by atoms with Gasteiger partial charge in [-0.15, -0.1) is 0 Å². The van der Waals surface area contributed by atoms with Gasteiger partial charge in [-0.1, -0.05) is 0 Å². The molecule has 0 aromatic carbocycles. The third-order valence-electron chi connectivity index (χ3n) is 5.11. The van der Waals surface area contributed by atoms with Gasteiger partial charge in [-0.05, 0) is 26.3 Å². The van der Waals surface area contributed by atoms with E-state index in [2.05, 4.69) is 15.1 Å². The first kappa shape index (κ1) is 18.3. The van der Waals surface area contributed by atoms with Crippen LogP contribution in [0, 0.1) is 13.8 Å². The van der Waals surface area contributed by atoms with E-state index in [9.17, 15) is 9.90 Å². The van der Waals surface area contributed by atoms with E-state index in [1.807, 2.05) is 25.8 Å². The molecular formula is C18H26N6O2. The van der Waals surface area contributed by atoms with Gasteiger partial charge < -0.3 is 14.9 Å². The zero-order valence-electron chi connectivity index (χ0n) is 15.8. The molecule has 1 aliphatic heterocycles. The number of hydrogen-bond acceptors (Lipinski definition) is 6. The molecule has 0 saturated carbocycles. The minimum atomic E-state index is -0.956. The molecule has 2 aromatic rings. The minimum Gasteiger partial charge on any atom is -0.386 e. The first-order chi connectivity index (χ1) is 12.3. The lowest BCUT2D eigenvalue weighted by Gasteiger charge is -2.29. The predicted octanol–water partition coefficient (Wildman–Crippen LogP) is 0.469. The molecule has 2 aromatic heterocycles. The Balaban J connectivity index is 1.62. The number of aliphatic hydroxyl groups is 1. The van der Waals surface area contributed by atoms with Crippen LogP contribution in [0.1, 0.15) is 23.4 Å². The average Bonchev–Trinajstić information content (AvgIpc) is 3.11. The monoisotopic (exact) mass is 358 g/mol. The van der Waals surface area contributed by atoms with Gasteiger partial charge in [0.05, 0.1) is 25.2 Å².